The average molecular weight is 507 g/mol. The number of ketones is 1. The van der Waals surface area contributed by atoms with E-state index in [1.54, 1.807) is 37.4 Å². The number of hydrogen-bond donors (Lipinski definition) is 1. The van der Waals surface area contributed by atoms with Crippen molar-refractivity contribution >= 4 is 52.2 Å². The molecule has 0 aromatic heterocycles. The molecule has 0 heterocycles. The van der Waals surface area contributed by atoms with Crippen molar-refractivity contribution in [3.8, 4) is 5.75 Å². The molecule has 1 saturated carbocycles. The molecular weight excluding hydrogens is 488 g/mol. The Kier molecular flexibility index (Phi) is 6.66. The molecule has 170 valence electrons. The molecule has 4 rings (SSSR count). The second kappa shape index (κ2) is 9.34. The van der Waals surface area contributed by atoms with Gasteiger partial charge in [0.05, 0.1) is 18.1 Å². The van der Waals surface area contributed by atoms with Gasteiger partial charge in [0.1, 0.15) is 15.9 Å². The van der Waals surface area contributed by atoms with Crippen LogP contribution < -0.4 is 10.1 Å². The zero-order valence-corrected chi connectivity index (χ0v) is 19.7. The molecule has 1 N–H and O–H groups in total. The van der Waals surface area contributed by atoms with Crippen molar-refractivity contribution in [1.29, 1.82) is 0 Å². The molecule has 1 aliphatic carbocycles. The number of halogens is 4. The number of ether oxygens (including phenoxy) is 1. The Morgan fingerprint density at radius 3 is 2.33 bits per heavy atom. The molecule has 1 fully saturated rings. The van der Waals surface area contributed by atoms with E-state index < -0.39 is 10.3 Å². The number of Topliss-reactive ketones (excluding diaryl/α,β-unsaturated/α-hetero) is 1. The van der Waals surface area contributed by atoms with Crippen molar-refractivity contribution in [3.05, 3.63) is 94.3 Å². The predicted octanol–water partition coefficient (Wildman–Crippen LogP) is 6.44. The van der Waals surface area contributed by atoms with Crippen molar-refractivity contribution < 1.29 is 18.7 Å². The van der Waals surface area contributed by atoms with Crippen LogP contribution in [0.1, 0.15) is 27.4 Å². The van der Waals surface area contributed by atoms with Gasteiger partial charge in [0.15, 0.2) is 5.78 Å². The smallest absolute Gasteiger partial charge is 0.231 e. The van der Waals surface area contributed by atoms with Crippen LogP contribution in [0.4, 0.5) is 10.1 Å². The van der Waals surface area contributed by atoms with E-state index in [1.807, 2.05) is 12.1 Å². The lowest BCUT2D eigenvalue weighted by atomic mass is 10.0. The van der Waals surface area contributed by atoms with Gasteiger partial charge in [-0.05, 0) is 53.6 Å². The Bertz CT molecular complexity index is 1200. The third-order valence-corrected chi connectivity index (χ3v) is 6.89. The predicted molar refractivity (Wildman–Crippen MR) is 128 cm³/mol. The maximum Gasteiger partial charge on any atom is 0.231 e. The summed E-state index contributed by atoms with van der Waals surface area (Å²) in [5, 5.41) is 3.04. The molecule has 0 radical (unpaired) electrons. The zero-order chi connectivity index (χ0) is 23.8. The second-order valence-corrected chi connectivity index (χ2v) is 9.66. The van der Waals surface area contributed by atoms with E-state index in [4.69, 9.17) is 39.5 Å². The number of nitrogens with one attached hydrogen (secondary N) is 1. The Hall–Kier alpha value is -2.60. The van der Waals surface area contributed by atoms with Gasteiger partial charge in [-0.3, -0.25) is 9.59 Å². The summed E-state index contributed by atoms with van der Waals surface area (Å²) in [5.74, 6) is -1.35. The van der Waals surface area contributed by atoms with Gasteiger partial charge in [-0.15, -0.1) is 23.2 Å². The third-order valence-electron chi connectivity index (χ3n) is 5.62. The number of amides is 1. The molecule has 2 atom stereocenters. The van der Waals surface area contributed by atoms with E-state index in [2.05, 4.69) is 5.32 Å². The number of rotatable bonds is 7. The van der Waals surface area contributed by atoms with Gasteiger partial charge in [-0.2, -0.15) is 0 Å². The van der Waals surface area contributed by atoms with Crippen LogP contribution in [0, 0.1) is 11.7 Å². The number of anilines is 1. The standard InChI is InChI=1S/C25H19Cl3FNO3/c1-33-18-9-4-15(5-10-18)22-23(25(22,27)28)24(32)30-17-8-11-20(26)19(13-17)21(31)12-14-2-6-16(29)7-3-14/h2-11,13,22-23H,12H2,1H3,(H,30,32). The van der Waals surface area contributed by atoms with E-state index in [1.165, 1.54) is 24.3 Å². The van der Waals surface area contributed by atoms with E-state index >= 15 is 0 Å². The van der Waals surface area contributed by atoms with Crippen LogP contribution in [0.25, 0.3) is 0 Å². The van der Waals surface area contributed by atoms with Gasteiger partial charge in [0.2, 0.25) is 5.91 Å². The minimum atomic E-state index is -1.24. The molecule has 0 saturated heterocycles. The molecule has 0 bridgehead atoms. The number of hydrogen-bond acceptors (Lipinski definition) is 3. The summed E-state index contributed by atoms with van der Waals surface area (Å²) in [6.07, 6.45) is 0.0477. The Morgan fingerprint density at radius 2 is 1.70 bits per heavy atom. The van der Waals surface area contributed by atoms with Gasteiger partial charge >= 0.3 is 0 Å². The van der Waals surface area contributed by atoms with Gasteiger partial charge in [0.25, 0.3) is 0 Å². The van der Waals surface area contributed by atoms with Crippen LogP contribution in [-0.4, -0.2) is 23.1 Å². The Morgan fingerprint density at radius 1 is 1.03 bits per heavy atom. The summed E-state index contributed by atoms with van der Waals surface area (Å²) in [6, 6.07) is 17.5. The lowest BCUT2D eigenvalue weighted by Gasteiger charge is -2.09. The van der Waals surface area contributed by atoms with Gasteiger partial charge in [-0.1, -0.05) is 35.9 Å². The highest BCUT2D eigenvalue weighted by atomic mass is 35.5. The normalized spacial score (nSPS) is 18.5. The summed E-state index contributed by atoms with van der Waals surface area (Å²) in [5.41, 5.74) is 2.13. The fraction of sp³-hybridized carbons (Fsp3) is 0.200. The largest absolute Gasteiger partial charge is 0.497 e. The molecule has 1 aliphatic rings. The van der Waals surface area contributed by atoms with Crippen LogP contribution in [0.15, 0.2) is 66.7 Å². The topological polar surface area (TPSA) is 55.4 Å². The summed E-state index contributed by atoms with van der Waals surface area (Å²) in [6.45, 7) is 0. The maximum absolute atomic E-state index is 13.1. The number of carbonyl (C=O) groups is 2. The quantitative estimate of drug-likeness (QED) is 0.296. The average Bonchev–Trinajstić information content (AvgIpc) is 3.38. The van der Waals surface area contributed by atoms with Crippen molar-refractivity contribution in [1.82, 2.24) is 0 Å². The number of methoxy groups -OCH3 is 1. The summed E-state index contributed by atoms with van der Waals surface area (Å²) in [4.78, 5) is 25.7. The van der Waals surface area contributed by atoms with Crippen LogP contribution >= 0.6 is 34.8 Å². The summed E-state index contributed by atoms with van der Waals surface area (Å²) >= 11 is 19.1. The first-order chi connectivity index (χ1) is 15.7. The molecule has 8 heteroatoms. The van der Waals surface area contributed by atoms with E-state index in [0.717, 1.165) is 5.56 Å². The molecule has 33 heavy (non-hydrogen) atoms. The molecule has 3 aromatic carbocycles. The van der Waals surface area contributed by atoms with Gasteiger partial charge in [0, 0.05) is 23.6 Å². The minimum Gasteiger partial charge on any atom is -0.497 e. The van der Waals surface area contributed by atoms with Crippen molar-refractivity contribution in [3.63, 3.8) is 0 Å². The van der Waals surface area contributed by atoms with Crippen molar-refractivity contribution in [2.45, 2.75) is 16.7 Å². The molecule has 0 aliphatic heterocycles. The highest BCUT2D eigenvalue weighted by molar-refractivity contribution is 6.53. The van der Waals surface area contributed by atoms with E-state index in [9.17, 15) is 14.0 Å². The van der Waals surface area contributed by atoms with Crippen LogP contribution in [0.2, 0.25) is 5.02 Å². The molecule has 4 nitrogen and oxygen atoms in total. The van der Waals surface area contributed by atoms with E-state index in [-0.39, 0.29) is 40.4 Å². The second-order valence-electron chi connectivity index (χ2n) is 7.81. The van der Waals surface area contributed by atoms with Gasteiger partial charge in [-0.25, -0.2) is 4.39 Å². The summed E-state index contributed by atoms with van der Waals surface area (Å²) in [7, 11) is 1.57. The van der Waals surface area contributed by atoms with Crippen molar-refractivity contribution in [2.75, 3.05) is 12.4 Å². The number of carbonyl (C=O) groups excluding carboxylic acids is 2. The molecule has 1 amide bonds. The van der Waals surface area contributed by atoms with Crippen LogP contribution in [0.5, 0.6) is 5.75 Å². The Labute approximate surface area is 205 Å². The first-order valence-corrected chi connectivity index (χ1v) is 11.2. The first-order valence-electron chi connectivity index (χ1n) is 10.1. The fourth-order valence-corrected chi connectivity index (χ4v) is 4.85. The molecule has 0 spiro atoms. The lowest BCUT2D eigenvalue weighted by molar-refractivity contribution is -0.117. The molecular formula is C25H19Cl3FNO3. The SMILES string of the molecule is COc1ccc(C2C(C(=O)Nc3ccc(Cl)c(C(=O)Cc4ccc(F)cc4)c3)C2(Cl)Cl)cc1. The van der Waals surface area contributed by atoms with Crippen LogP contribution in [-0.2, 0) is 11.2 Å². The fourth-order valence-electron chi connectivity index (χ4n) is 3.80. The highest BCUT2D eigenvalue weighted by Gasteiger charge is 2.67. The van der Waals surface area contributed by atoms with Crippen molar-refractivity contribution in [2.24, 2.45) is 5.92 Å². The van der Waals surface area contributed by atoms with Crippen LogP contribution in [0.3, 0.4) is 0 Å². The molecule has 3 aromatic rings. The minimum absolute atomic E-state index is 0.0477. The third kappa shape index (κ3) is 5.01. The number of alkyl halides is 2. The zero-order valence-electron chi connectivity index (χ0n) is 17.4. The summed E-state index contributed by atoms with van der Waals surface area (Å²) < 4.78 is 17.0. The Balaban J connectivity index is 1.48. The highest BCUT2D eigenvalue weighted by Crippen LogP contribution is 2.65. The monoisotopic (exact) mass is 505 g/mol. The maximum atomic E-state index is 13.1. The lowest BCUT2D eigenvalue weighted by Crippen LogP contribution is -2.17. The van der Waals surface area contributed by atoms with Gasteiger partial charge < -0.3 is 10.1 Å². The first kappa shape index (κ1) is 23.6. The number of benzene rings is 3. The van der Waals surface area contributed by atoms with E-state index in [0.29, 0.717) is 17.0 Å². The molecule has 2 unspecified atom stereocenters.